The van der Waals surface area contributed by atoms with Crippen LogP contribution in [0.4, 0.5) is 0 Å². The Hall–Kier alpha value is -1.20. The third kappa shape index (κ3) is 2.62. The van der Waals surface area contributed by atoms with Crippen molar-refractivity contribution in [1.29, 1.82) is 0 Å². The van der Waals surface area contributed by atoms with E-state index in [1.165, 1.54) is 0 Å². The number of fused-ring (bicyclic) bond motifs is 1. The van der Waals surface area contributed by atoms with Crippen molar-refractivity contribution in [3.8, 4) is 17.2 Å². The third-order valence-corrected chi connectivity index (χ3v) is 3.19. The zero-order chi connectivity index (χ0) is 13.0. The smallest absolute Gasteiger partial charge is 0.172 e. The fraction of sp³-hybridized carbons (Fsp3) is 0.385. The van der Waals surface area contributed by atoms with Gasteiger partial charge in [0.1, 0.15) is 5.75 Å². The maximum Gasteiger partial charge on any atom is 0.172 e. The van der Waals surface area contributed by atoms with Crippen LogP contribution in [0, 0.1) is 0 Å². The van der Waals surface area contributed by atoms with Crippen LogP contribution >= 0.6 is 15.9 Å². The molecule has 0 bridgehead atoms. The van der Waals surface area contributed by atoms with Gasteiger partial charge in [0.2, 0.25) is 0 Å². The highest BCUT2D eigenvalue weighted by molar-refractivity contribution is 9.10. The molecule has 1 heterocycles. The molecule has 0 fully saturated rings. The standard InChI is InChI=1S/C13H16BrNO3/c1-16-12-9(4-2-5-15)13-11(8-10(12)14)17-6-3-7-18-13/h2,4,8H,3,5-7,15H2,1H3/b4-2+. The van der Waals surface area contributed by atoms with E-state index in [1.807, 2.05) is 18.2 Å². The molecule has 1 aliphatic rings. The van der Waals surface area contributed by atoms with Crippen molar-refractivity contribution in [3.05, 3.63) is 22.2 Å². The SMILES string of the molecule is COc1c(Br)cc2c(c1/C=C/CN)OCCCO2. The van der Waals surface area contributed by atoms with Gasteiger partial charge in [-0.2, -0.15) is 0 Å². The van der Waals surface area contributed by atoms with E-state index in [2.05, 4.69) is 15.9 Å². The van der Waals surface area contributed by atoms with Crippen LogP contribution in [-0.2, 0) is 0 Å². The minimum Gasteiger partial charge on any atom is -0.495 e. The van der Waals surface area contributed by atoms with Crippen molar-refractivity contribution < 1.29 is 14.2 Å². The number of hydrogen-bond acceptors (Lipinski definition) is 4. The number of halogens is 1. The van der Waals surface area contributed by atoms with E-state index in [1.54, 1.807) is 7.11 Å². The summed E-state index contributed by atoms with van der Waals surface area (Å²) >= 11 is 3.48. The zero-order valence-corrected chi connectivity index (χ0v) is 11.8. The van der Waals surface area contributed by atoms with Gasteiger partial charge in [-0.25, -0.2) is 0 Å². The van der Waals surface area contributed by atoms with Gasteiger partial charge >= 0.3 is 0 Å². The van der Waals surface area contributed by atoms with E-state index in [4.69, 9.17) is 19.9 Å². The maximum atomic E-state index is 5.76. The van der Waals surface area contributed by atoms with Crippen molar-refractivity contribution in [2.24, 2.45) is 5.73 Å². The lowest BCUT2D eigenvalue weighted by atomic mass is 10.1. The van der Waals surface area contributed by atoms with Crippen LogP contribution in [0.2, 0.25) is 0 Å². The van der Waals surface area contributed by atoms with Crippen LogP contribution in [0.3, 0.4) is 0 Å². The summed E-state index contributed by atoms with van der Waals surface area (Å²) in [6, 6.07) is 1.87. The summed E-state index contributed by atoms with van der Waals surface area (Å²) in [5.74, 6) is 2.18. The Morgan fingerprint density at radius 2 is 2.22 bits per heavy atom. The van der Waals surface area contributed by atoms with Gasteiger partial charge in [0.15, 0.2) is 11.5 Å². The Balaban J connectivity index is 2.56. The van der Waals surface area contributed by atoms with Gasteiger partial charge in [0.25, 0.3) is 0 Å². The van der Waals surface area contributed by atoms with E-state index >= 15 is 0 Å². The molecule has 4 nitrogen and oxygen atoms in total. The second kappa shape index (κ2) is 6.11. The number of ether oxygens (including phenoxy) is 3. The Bertz CT molecular complexity index is 460. The minimum absolute atomic E-state index is 0.464. The van der Waals surface area contributed by atoms with Crippen LogP contribution in [0.1, 0.15) is 12.0 Å². The predicted molar refractivity (Wildman–Crippen MR) is 74.4 cm³/mol. The Labute approximate surface area is 115 Å². The Kier molecular flexibility index (Phi) is 4.49. The first-order valence-electron chi connectivity index (χ1n) is 5.80. The van der Waals surface area contributed by atoms with Crippen LogP contribution < -0.4 is 19.9 Å². The molecular weight excluding hydrogens is 298 g/mol. The quantitative estimate of drug-likeness (QED) is 0.932. The van der Waals surface area contributed by atoms with Crippen molar-refractivity contribution in [2.75, 3.05) is 26.9 Å². The number of methoxy groups -OCH3 is 1. The molecule has 0 unspecified atom stereocenters. The van der Waals surface area contributed by atoms with Crippen LogP contribution in [0.25, 0.3) is 6.08 Å². The topological polar surface area (TPSA) is 53.7 Å². The molecule has 1 aromatic rings. The van der Waals surface area contributed by atoms with Gasteiger partial charge < -0.3 is 19.9 Å². The molecule has 0 atom stereocenters. The highest BCUT2D eigenvalue weighted by Crippen LogP contribution is 2.44. The summed E-state index contributed by atoms with van der Waals surface area (Å²) in [5.41, 5.74) is 6.36. The van der Waals surface area contributed by atoms with Gasteiger partial charge in [0, 0.05) is 19.0 Å². The molecule has 18 heavy (non-hydrogen) atoms. The van der Waals surface area contributed by atoms with Gasteiger partial charge in [-0.1, -0.05) is 12.2 Å². The molecule has 2 N–H and O–H groups in total. The monoisotopic (exact) mass is 313 g/mol. The van der Waals surface area contributed by atoms with E-state index < -0.39 is 0 Å². The lowest BCUT2D eigenvalue weighted by Gasteiger charge is -2.15. The molecule has 1 aromatic carbocycles. The van der Waals surface area contributed by atoms with E-state index in [0.717, 1.165) is 33.7 Å². The number of rotatable bonds is 3. The van der Waals surface area contributed by atoms with E-state index in [9.17, 15) is 0 Å². The first-order valence-corrected chi connectivity index (χ1v) is 6.60. The van der Waals surface area contributed by atoms with Crippen LogP contribution in [-0.4, -0.2) is 26.9 Å². The lowest BCUT2D eigenvalue weighted by molar-refractivity contribution is 0.296. The van der Waals surface area contributed by atoms with E-state index in [0.29, 0.717) is 19.8 Å². The largest absolute Gasteiger partial charge is 0.495 e. The Morgan fingerprint density at radius 3 is 2.94 bits per heavy atom. The Morgan fingerprint density at radius 1 is 1.44 bits per heavy atom. The van der Waals surface area contributed by atoms with Crippen molar-refractivity contribution in [2.45, 2.75) is 6.42 Å². The highest BCUT2D eigenvalue weighted by Gasteiger charge is 2.20. The summed E-state index contributed by atoms with van der Waals surface area (Å²) in [6.45, 7) is 1.76. The molecule has 98 valence electrons. The number of nitrogens with two attached hydrogens (primary N) is 1. The predicted octanol–water partition coefficient (Wildman–Crippen LogP) is 2.59. The second-order valence-corrected chi connectivity index (χ2v) is 4.68. The first kappa shape index (κ1) is 13.2. The first-order chi connectivity index (χ1) is 8.77. The number of hydrogen-bond donors (Lipinski definition) is 1. The summed E-state index contributed by atoms with van der Waals surface area (Å²) in [6.07, 6.45) is 4.63. The summed E-state index contributed by atoms with van der Waals surface area (Å²) in [4.78, 5) is 0. The molecule has 0 saturated heterocycles. The fourth-order valence-corrected chi connectivity index (χ4v) is 2.41. The van der Waals surface area contributed by atoms with E-state index in [-0.39, 0.29) is 0 Å². The molecule has 0 saturated carbocycles. The van der Waals surface area contributed by atoms with Crippen LogP contribution in [0.15, 0.2) is 16.6 Å². The second-order valence-electron chi connectivity index (χ2n) is 3.82. The van der Waals surface area contributed by atoms with Gasteiger partial charge in [-0.3, -0.25) is 0 Å². The molecule has 0 spiro atoms. The van der Waals surface area contributed by atoms with Gasteiger partial charge in [-0.05, 0) is 15.9 Å². The molecule has 0 radical (unpaired) electrons. The van der Waals surface area contributed by atoms with Crippen molar-refractivity contribution >= 4 is 22.0 Å². The van der Waals surface area contributed by atoms with Crippen LogP contribution in [0.5, 0.6) is 17.2 Å². The average Bonchev–Trinajstić information content (AvgIpc) is 2.60. The fourth-order valence-electron chi connectivity index (χ4n) is 1.83. The highest BCUT2D eigenvalue weighted by atomic mass is 79.9. The lowest BCUT2D eigenvalue weighted by Crippen LogP contribution is -1.99. The average molecular weight is 314 g/mol. The molecule has 0 aliphatic carbocycles. The zero-order valence-electron chi connectivity index (χ0n) is 10.2. The molecule has 0 aromatic heterocycles. The summed E-state index contributed by atoms with van der Waals surface area (Å²) in [7, 11) is 1.63. The van der Waals surface area contributed by atoms with Crippen molar-refractivity contribution in [1.82, 2.24) is 0 Å². The minimum atomic E-state index is 0.464. The van der Waals surface area contributed by atoms with Crippen molar-refractivity contribution in [3.63, 3.8) is 0 Å². The van der Waals surface area contributed by atoms with Gasteiger partial charge in [0.05, 0.1) is 30.4 Å². The molecule has 2 rings (SSSR count). The summed E-state index contributed by atoms with van der Waals surface area (Å²) in [5, 5.41) is 0. The summed E-state index contributed by atoms with van der Waals surface area (Å²) < 4.78 is 17.7. The molecule has 5 heteroatoms. The third-order valence-electron chi connectivity index (χ3n) is 2.61. The molecular formula is C13H16BrNO3. The number of benzene rings is 1. The molecule has 0 amide bonds. The van der Waals surface area contributed by atoms with Gasteiger partial charge in [-0.15, -0.1) is 0 Å². The molecule has 1 aliphatic heterocycles. The normalized spacial score (nSPS) is 14.6. The maximum absolute atomic E-state index is 5.76.